The first-order valence-electron chi connectivity index (χ1n) is 8.36. The molecular formula is C19H24N2O2. The van der Waals surface area contributed by atoms with Crippen molar-refractivity contribution in [1.29, 1.82) is 0 Å². The lowest BCUT2D eigenvalue weighted by Gasteiger charge is -2.20. The molecule has 23 heavy (non-hydrogen) atoms. The molecule has 2 N–H and O–H groups in total. The Morgan fingerprint density at radius 2 is 2.04 bits per heavy atom. The quantitative estimate of drug-likeness (QED) is 0.861. The van der Waals surface area contributed by atoms with Gasteiger partial charge in [-0.3, -0.25) is 4.79 Å². The summed E-state index contributed by atoms with van der Waals surface area (Å²) < 4.78 is 5.20. The maximum Gasteiger partial charge on any atom is 0.234 e. The van der Waals surface area contributed by atoms with E-state index >= 15 is 0 Å². The van der Waals surface area contributed by atoms with Gasteiger partial charge in [-0.2, -0.15) is 0 Å². The second kappa shape index (κ2) is 7.47. The number of benzene rings is 1. The standard InChI is InChI=1S/C19H24N2O2/c1-14(16-9-8-15-5-2-3-6-17(15)11-16)20-13-19(22)21-12-18-7-4-10-23-18/h4,7-11,14,20H,2-3,5-6,12-13H2,1H3,(H,21,22)/t14-/m0/s1. The van der Waals surface area contributed by atoms with Crippen molar-refractivity contribution in [3.63, 3.8) is 0 Å². The Balaban J connectivity index is 1.48. The summed E-state index contributed by atoms with van der Waals surface area (Å²) in [4.78, 5) is 11.9. The number of furan rings is 1. The summed E-state index contributed by atoms with van der Waals surface area (Å²) in [6, 6.07) is 10.6. The molecule has 4 nitrogen and oxygen atoms in total. The number of fused-ring (bicyclic) bond motifs is 1. The van der Waals surface area contributed by atoms with Crippen LogP contribution in [0.2, 0.25) is 0 Å². The van der Waals surface area contributed by atoms with E-state index in [9.17, 15) is 4.79 Å². The van der Waals surface area contributed by atoms with Gasteiger partial charge in [0, 0.05) is 6.04 Å². The van der Waals surface area contributed by atoms with Crippen LogP contribution in [0, 0.1) is 0 Å². The number of hydrogen-bond acceptors (Lipinski definition) is 3. The molecule has 0 unspecified atom stereocenters. The highest BCUT2D eigenvalue weighted by molar-refractivity contribution is 5.77. The van der Waals surface area contributed by atoms with Crippen LogP contribution in [0.25, 0.3) is 0 Å². The molecule has 1 amide bonds. The van der Waals surface area contributed by atoms with Gasteiger partial charge in [-0.15, -0.1) is 0 Å². The fraction of sp³-hybridized carbons (Fsp3) is 0.421. The SMILES string of the molecule is C[C@H](NCC(=O)NCc1ccco1)c1ccc2c(c1)CCCC2. The molecule has 122 valence electrons. The largest absolute Gasteiger partial charge is 0.467 e. The van der Waals surface area contributed by atoms with Crippen LogP contribution in [0.4, 0.5) is 0 Å². The molecule has 3 rings (SSSR count). The molecule has 1 heterocycles. The number of carbonyl (C=O) groups is 1. The second-order valence-corrected chi connectivity index (χ2v) is 6.19. The Bertz CT molecular complexity index is 649. The number of carbonyl (C=O) groups excluding carboxylic acids is 1. The van der Waals surface area contributed by atoms with Gasteiger partial charge in [0.05, 0.1) is 19.4 Å². The minimum absolute atomic E-state index is 0.0220. The fourth-order valence-electron chi connectivity index (χ4n) is 3.05. The molecule has 0 saturated carbocycles. The molecule has 0 aliphatic heterocycles. The van der Waals surface area contributed by atoms with E-state index in [1.54, 1.807) is 6.26 Å². The number of rotatable bonds is 6. The smallest absolute Gasteiger partial charge is 0.234 e. The van der Waals surface area contributed by atoms with Gasteiger partial charge in [0.25, 0.3) is 0 Å². The van der Waals surface area contributed by atoms with Crippen LogP contribution in [0.15, 0.2) is 41.0 Å². The van der Waals surface area contributed by atoms with E-state index in [0.717, 1.165) is 5.76 Å². The molecule has 1 aliphatic rings. The van der Waals surface area contributed by atoms with E-state index in [4.69, 9.17) is 4.42 Å². The Morgan fingerprint density at radius 3 is 2.83 bits per heavy atom. The minimum Gasteiger partial charge on any atom is -0.467 e. The first-order chi connectivity index (χ1) is 11.2. The summed E-state index contributed by atoms with van der Waals surface area (Å²) in [6.45, 7) is 2.84. The van der Waals surface area contributed by atoms with Gasteiger partial charge in [-0.05, 0) is 61.4 Å². The lowest BCUT2D eigenvalue weighted by atomic mass is 9.89. The van der Waals surface area contributed by atoms with Gasteiger partial charge in [-0.25, -0.2) is 0 Å². The average Bonchev–Trinajstić information content (AvgIpc) is 3.11. The van der Waals surface area contributed by atoms with Gasteiger partial charge < -0.3 is 15.1 Å². The lowest BCUT2D eigenvalue weighted by molar-refractivity contribution is -0.120. The minimum atomic E-state index is -0.0220. The van der Waals surface area contributed by atoms with Crippen molar-refractivity contribution in [2.75, 3.05) is 6.54 Å². The number of nitrogens with one attached hydrogen (secondary N) is 2. The zero-order valence-corrected chi connectivity index (χ0v) is 13.6. The Kier molecular flexibility index (Phi) is 5.13. The zero-order valence-electron chi connectivity index (χ0n) is 13.6. The van der Waals surface area contributed by atoms with Gasteiger partial charge in [-0.1, -0.05) is 18.2 Å². The summed E-state index contributed by atoms with van der Waals surface area (Å²) in [5.74, 6) is 0.743. The van der Waals surface area contributed by atoms with Crippen molar-refractivity contribution in [3.8, 4) is 0 Å². The first-order valence-corrected chi connectivity index (χ1v) is 8.36. The molecule has 1 aromatic carbocycles. The lowest BCUT2D eigenvalue weighted by Crippen LogP contribution is -2.34. The number of hydrogen-bond donors (Lipinski definition) is 2. The Hall–Kier alpha value is -2.07. The molecule has 0 bridgehead atoms. The Labute approximate surface area is 137 Å². The molecule has 0 radical (unpaired) electrons. The van der Waals surface area contributed by atoms with E-state index in [-0.39, 0.29) is 11.9 Å². The van der Waals surface area contributed by atoms with E-state index in [1.807, 2.05) is 12.1 Å². The summed E-state index contributed by atoms with van der Waals surface area (Å²) in [5, 5.41) is 6.14. The molecule has 1 atom stereocenters. The van der Waals surface area contributed by atoms with Crippen molar-refractivity contribution >= 4 is 5.91 Å². The fourth-order valence-corrected chi connectivity index (χ4v) is 3.05. The predicted octanol–water partition coefficient (Wildman–Crippen LogP) is 3.13. The van der Waals surface area contributed by atoms with Crippen LogP contribution in [-0.4, -0.2) is 12.5 Å². The normalized spacial score (nSPS) is 15.0. The van der Waals surface area contributed by atoms with E-state index in [0.29, 0.717) is 13.1 Å². The van der Waals surface area contributed by atoms with Gasteiger partial charge in [0.15, 0.2) is 0 Å². The summed E-state index contributed by atoms with van der Waals surface area (Å²) in [7, 11) is 0. The van der Waals surface area contributed by atoms with Crippen molar-refractivity contribution in [1.82, 2.24) is 10.6 Å². The van der Waals surface area contributed by atoms with Crippen molar-refractivity contribution < 1.29 is 9.21 Å². The zero-order chi connectivity index (χ0) is 16.1. The molecule has 2 aromatic rings. The van der Waals surface area contributed by atoms with Crippen LogP contribution in [0.3, 0.4) is 0 Å². The molecular weight excluding hydrogens is 288 g/mol. The third-order valence-electron chi connectivity index (χ3n) is 4.48. The molecule has 0 saturated heterocycles. The van der Waals surface area contributed by atoms with Gasteiger partial charge in [0.2, 0.25) is 5.91 Å². The molecule has 4 heteroatoms. The number of amides is 1. The highest BCUT2D eigenvalue weighted by Gasteiger charge is 2.13. The maximum absolute atomic E-state index is 11.9. The second-order valence-electron chi connectivity index (χ2n) is 6.19. The molecule has 1 aliphatic carbocycles. The summed E-state index contributed by atoms with van der Waals surface area (Å²) in [5.41, 5.74) is 4.22. The van der Waals surface area contributed by atoms with Crippen LogP contribution in [0.5, 0.6) is 0 Å². The highest BCUT2D eigenvalue weighted by Crippen LogP contribution is 2.24. The third kappa shape index (κ3) is 4.23. The predicted molar refractivity (Wildman–Crippen MR) is 90.1 cm³/mol. The van der Waals surface area contributed by atoms with E-state index < -0.39 is 0 Å². The summed E-state index contributed by atoms with van der Waals surface area (Å²) >= 11 is 0. The van der Waals surface area contributed by atoms with Crippen molar-refractivity contribution in [3.05, 3.63) is 59.0 Å². The molecule has 1 aromatic heterocycles. The van der Waals surface area contributed by atoms with Gasteiger partial charge >= 0.3 is 0 Å². The van der Waals surface area contributed by atoms with Crippen molar-refractivity contribution in [2.45, 2.75) is 45.2 Å². The maximum atomic E-state index is 11.9. The Morgan fingerprint density at radius 1 is 1.22 bits per heavy atom. The van der Waals surface area contributed by atoms with E-state index in [1.165, 1.54) is 42.4 Å². The topological polar surface area (TPSA) is 54.3 Å². The summed E-state index contributed by atoms with van der Waals surface area (Å²) in [6.07, 6.45) is 6.58. The molecule has 0 fully saturated rings. The molecule has 0 spiro atoms. The van der Waals surface area contributed by atoms with Crippen LogP contribution in [0.1, 0.15) is 48.3 Å². The van der Waals surface area contributed by atoms with E-state index in [2.05, 4.69) is 35.8 Å². The van der Waals surface area contributed by atoms with Gasteiger partial charge in [0.1, 0.15) is 5.76 Å². The third-order valence-corrected chi connectivity index (χ3v) is 4.48. The number of aryl methyl sites for hydroxylation is 2. The van der Waals surface area contributed by atoms with Crippen LogP contribution in [-0.2, 0) is 24.2 Å². The average molecular weight is 312 g/mol. The first kappa shape index (κ1) is 15.8. The van der Waals surface area contributed by atoms with Crippen LogP contribution < -0.4 is 10.6 Å². The highest BCUT2D eigenvalue weighted by atomic mass is 16.3. The monoisotopic (exact) mass is 312 g/mol. The van der Waals surface area contributed by atoms with Crippen LogP contribution >= 0.6 is 0 Å². The van der Waals surface area contributed by atoms with Crippen molar-refractivity contribution in [2.24, 2.45) is 0 Å².